The summed E-state index contributed by atoms with van der Waals surface area (Å²) in [7, 11) is -10.8. The largest absolute Gasteiger partial charge is 1.00 e. The second-order valence-electron chi connectivity index (χ2n) is 6.52. The zero-order valence-corrected chi connectivity index (χ0v) is 24.2. The number of hydrogen-bond acceptors (Lipinski definition) is 10. The average molecular weight is 554 g/mol. The van der Waals surface area contributed by atoms with Crippen molar-refractivity contribution >= 4 is 32.2 Å². The van der Waals surface area contributed by atoms with Crippen LogP contribution in [0.3, 0.4) is 0 Å². The first-order chi connectivity index (χ1) is 15.8. The molecule has 36 heavy (non-hydrogen) atoms. The number of ether oxygens (including phenoxy) is 2. The topological polar surface area (TPSA) is 207 Å². The van der Waals surface area contributed by atoms with Crippen LogP contribution in [0.15, 0.2) is 70.5 Å². The van der Waals surface area contributed by atoms with Crippen molar-refractivity contribution in [1.29, 1.82) is 0 Å². The number of hydrogen-bond donors (Lipinski definition) is 2. The molecule has 0 fully saturated rings. The molecule has 3 aromatic carbocycles. The Balaban J connectivity index is 0.00000324. The number of rotatable bonds is 8. The third-order valence-corrected chi connectivity index (χ3v) is 5.88. The molecule has 0 aromatic heterocycles. The fraction of sp³-hybridized carbons (Fsp3) is 0. The van der Waals surface area contributed by atoms with Gasteiger partial charge in [-0.2, -0.15) is 0 Å². The normalized spacial score (nSPS) is 10.9. The van der Waals surface area contributed by atoms with E-state index >= 15 is 0 Å². The van der Waals surface area contributed by atoms with E-state index in [2.05, 4.69) is 0 Å². The molecule has 16 heteroatoms. The van der Waals surface area contributed by atoms with Gasteiger partial charge in [-0.3, -0.25) is 0 Å². The standard InChI is InChI=1S/C20H14O12S2.2Na/c21-19(22)11-3-1-5-13(7-11)31-15-9-16(32-14-6-2-4-12(8-14)20(23)24)18(34(28,29)30)10-17(15)33(25,26)27;;/h1-10H,(H,21,22)(H,23,24)(H,25,26,27)(H,28,29,30);;/q;2*+1/p-2. The molecule has 3 aromatic rings. The molecule has 0 saturated heterocycles. The first-order valence-electron chi connectivity index (χ1n) is 8.88. The van der Waals surface area contributed by atoms with Gasteiger partial charge in [-0.05, 0) is 42.5 Å². The molecule has 3 rings (SSSR count). The van der Waals surface area contributed by atoms with Crippen LogP contribution in [0.4, 0.5) is 0 Å². The summed E-state index contributed by atoms with van der Waals surface area (Å²) in [6.45, 7) is 0. The smallest absolute Gasteiger partial charge is 0.744 e. The molecule has 0 heterocycles. The Morgan fingerprint density at radius 2 is 1.00 bits per heavy atom. The van der Waals surface area contributed by atoms with E-state index in [0.717, 1.165) is 12.1 Å². The van der Waals surface area contributed by atoms with E-state index < -0.39 is 53.5 Å². The Bertz CT molecular complexity index is 1410. The molecular formula is C20H12Na2O12S2. The predicted molar refractivity (Wildman–Crippen MR) is 109 cm³/mol. The molecule has 178 valence electrons. The number of carboxylic acids is 2. The molecule has 12 nitrogen and oxygen atoms in total. The summed E-state index contributed by atoms with van der Waals surface area (Å²) in [5.74, 6) is -4.68. The summed E-state index contributed by atoms with van der Waals surface area (Å²) in [5, 5.41) is 18.2. The zero-order chi connectivity index (χ0) is 25.3. The Morgan fingerprint density at radius 3 is 1.31 bits per heavy atom. The fourth-order valence-electron chi connectivity index (χ4n) is 2.71. The monoisotopic (exact) mass is 554 g/mol. The molecule has 0 aliphatic carbocycles. The Hall–Kier alpha value is -1.98. The van der Waals surface area contributed by atoms with Gasteiger partial charge >= 0.3 is 71.1 Å². The molecule has 0 spiro atoms. The van der Waals surface area contributed by atoms with Crippen LogP contribution in [-0.4, -0.2) is 48.1 Å². The molecule has 0 aliphatic heterocycles. The van der Waals surface area contributed by atoms with Gasteiger partial charge in [0.25, 0.3) is 0 Å². The van der Waals surface area contributed by atoms with Crippen LogP contribution in [0.25, 0.3) is 0 Å². The third kappa shape index (κ3) is 8.01. The molecule has 0 bridgehead atoms. The minimum Gasteiger partial charge on any atom is -0.744 e. The van der Waals surface area contributed by atoms with Gasteiger partial charge in [0.2, 0.25) is 0 Å². The van der Waals surface area contributed by atoms with Gasteiger partial charge in [0.1, 0.15) is 43.2 Å². The van der Waals surface area contributed by atoms with Crippen molar-refractivity contribution in [1.82, 2.24) is 0 Å². The maximum absolute atomic E-state index is 11.8. The maximum Gasteiger partial charge on any atom is 1.00 e. The average Bonchev–Trinajstić information content (AvgIpc) is 2.72. The molecule has 0 amide bonds. The van der Waals surface area contributed by atoms with E-state index in [9.17, 15) is 35.5 Å². The van der Waals surface area contributed by atoms with Gasteiger partial charge in [-0.15, -0.1) is 0 Å². The SMILES string of the molecule is O=C(O)c1cccc(Oc2cc(Oc3cccc(C(=O)O)c3)c(S(=O)(=O)[O-])cc2S(=O)(=O)[O-])c1.[Na+].[Na+]. The second-order valence-corrected chi connectivity index (χ2v) is 9.22. The van der Waals surface area contributed by atoms with Crippen molar-refractivity contribution in [2.45, 2.75) is 9.79 Å². The van der Waals surface area contributed by atoms with Gasteiger partial charge in [-0.25, -0.2) is 26.4 Å². The molecular weight excluding hydrogens is 542 g/mol. The minimum absolute atomic E-state index is 0. The van der Waals surface area contributed by atoms with Crippen molar-refractivity contribution in [2.24, 2.45) is 0 Å². The number of carbonyl (C=O) groups is 2. The quantitative estimate of drug-likeness (QED) is 0.205. The van der Waals surface area contributed by atoms with Crippen molar-refractivity contribution < 1.29 is 114 Å². The van der Waals surface area contributed by atoms with Crippen molar-refractivity contribution in [3.63, 3.8) is 0 Å². The molecule has 0 atom stereocenters. The van der Waals surface area contributed by atoms with E-state index in [1.165, 1.54) is 36.4 Å². The fourth-order valence-corrected chi connectivity index (χ4v) is 4.01. The molecule has 0 unspecified atom stereocenters. The van der Waals surface area contributed by atoms with Crippen molar-refractivity contribution in [2.75, 3.05) is 0 Å². The number of aromatic carboxylic acids is 2. The van der Waals surface area contributed by atoms with E-state index in [0.29, 0.717) is 6.07 Å². The van der Waals surface area contributed by atoms with Crippen LogP contribution < -0.4 is 68.6 Å². The van der Waals surface area contributed by atoms with Crippen LogP contribution in [-0.2, 0) is 20.2 Å². The van der Waals surface area contributed by atoms with Gasteiger partial charge in [0, 0.05) is 6.07 Å². The first-order valence-corrected chi connectivity index (χ1v) is 11.7. The number of carboxylic acid groups (broad SMARTS) is 2. The van der Waals surface area contributed by atoms with Gasteiger partial charge in [0.15, 0.2) is 0 Å². The summed E-state index contributed by atoms with van der Waals surface area (Å²) >= 11 is 0. The summed E-state index contributed by atoms with van der Waals surface area (Å²) < 4.78 is 81.2. The van der Waals surface area contributed by atoms with Gasteiger partial charge in [-0.1, -0.05) is 12.1 Å². The van der Waals surface area contributed by atoms with Crippen LogP contribution in [0.5, 0.6) is 23.0 Å². The zero-order valence-electron chi connectivity index (χ0n) is 18.6. The van der Waals surface area contributed by atoms with Crippen LogP contribution in [0.2, 0.25) is 0 Å². The van der Waals surface area contributed by atoms with E-state index in [-0.39, 0.29) is 87.8 Å². The van der Waals surface area contributed by atoms with Crippen LogP contribution in [0.1, 0.15) is 20.7 Å². The number of benzene rings is 3. The van der Waals surface area contributed by atoms with Crippen molar-refractivity contribution in [3.8, 4) is 23.0 Å². The van der Waals surface area contributed by atoms with Crippen LogP contribution >= 0.6 is 0 Å². The van der Waals surface area contributed by atoms with E-state index in [4.69, 9.17) is 19.7 Å². The molecule has 0 radical (unpaired) electrons. The Kier molecular flexibility index (Phi) is 11.1. The first kappa shape index (κ1) is 32.0. The van der Waals surface area contributed by atoms with Gasteiger partial charge in [0.05, 0.1) is 20.9 Å². The summed E-state index contributed by atoms with van der Waals surface area (Å²) in [4.78, 5) is 19.9. The molecule has 0 aliphatic rings. The van der Waals surface area contributed by atoms with Crippen LogP contribution in [0, 0.1) is 0 Å². The van der Waals surface area contributed by atoms with Gasteiger partial charge < -0.3 is 28.8 Å². The summed E-state index contributed by atoms with van der Waals surface area (Å²) in [6.07, 6.45) is 0. The van der Waals surface area contributed by atoms with E-state index in [1.807, 2.05) is 0 Å². The maximum atomic E-state index is 11.8. The predicted octanol–water partition coefficient (Wildman–Crippen LogP) is -3.52. The minimum atomic E-state index is -5.40. The Labute approximate surface area is 248 Å². The Morgan fingerprint density at radius 1 is 0.639 bits per heavy atom. The van der Waals surface area contributed by atoms with E-state index in [1.54, 1.807) is 0 Å². The summed E-state index contributed by atoms with van der Waals surface area (Å²) in [6, 6.07) is 10.3. The molecule has 0 saturated carbocycles. The summed E-state index contributed by atoms with van der Waals surface area (Å²) in [5.41, 5.74) is -0.491. The third-order valence-electron chi connectivity index (χ3n) is 4.17. The molecule has 2 N–H and O–H groups in total. The van der Waals surface area contributed by atoms with Crippen molar-refractivity contribution in [3.05, 3.63) is 71.8 Å². The second kappa shape index (κ2) is 12.5.